The van der Waals surface area contributed by atoms with Crippen LogP contribution in [0.15, 0.2) is 18.2 Å². The molecule has 1 heterocycles. The molecule has 2 unspecified atom stereocenters. The molecule has 0 saturated carbocycles. The second kappa shape index (κ2) is 6.06. The number of ether oxygens (including phenoxy) is 2. The fraction of sp³-hybridized carbons (Fsp3) is 0.588. The number of carbonyl (C=O) groups excluding carboxylic acids is 1. The lowest BCUT2D eigenvalue weighted by molar-refractivity contribution is -0.142. The number of methoxy groups -OCH3 is 1. The summed E-state index contributed by atoms with van der Waals surface area (Å²) in [6, 6.07) is 6.06. The van der Waals surface area contributed by atoms with Crippen molar-refractivity contribution in [2.75, 3.05) is 13.7 Å². The minimum atomic E-state index is -0.255. The predicted molar refractivity (Wildman–Crippen MR) is 82.7 cm³/mol. The summed E-state index contributed by atoms with van der Waals surface area (Å²) in [6.07, 6.45) is 0.654. The number of aryl methyl sites for hydroxylation is 1. The van der Waals surface area contributed by atoms with Crippen LogP contribution in [0.3, 0.4) is 0 Å². The number of nitrogens with one attached hydrogen (secondary N) is 1. The van der Waals surface area contributed by atoms with Crippen LogP contribution in [0, 0.1) is 6.92 Å². The van der Waals surface area contributed by atoms with E-state index in [4.69, 9.17) is 9.47 Å². The maximum atomic E-state index is 11.5. The number of carbonyl (C=O) groups is 1. The zero-order valence-electron chi connectivity index (χ0n) is 13.5. The van der Waals surface area contributed by atoms with E-state index >= 15 is 0 Å². The van der Waals surface area contributed by atoms with Crippen LogP contribution < -0.4 is 10.1 Å². The van der Waals surface area contributed by atoms with E-state index in [2.05, 4.69) is 45.1 Å². The highest BCUT2D eigenvalue weighted by Gasteiger charge is 2.31. The molecule has 0 amide bonds. The molecule has 1 aromatic carbocycles. The van der Waals surface area contributed by atoms with Gasteiger partial charge in [-0.25, -0.2) is 0 Å². The fourth-order valence-corrected chi connectivity index (χ4v) is 2.54. The molecule has 0 aliphatic carbocycles. The van der Waals surface area contributed by atoms with Crippen LogP contribution in [0.2, 0.25) is 0 Å². The van der Waals surface area contributed by atoms with E-state index < -0.39 is 0 Å². The number of rotatable bonds is 3. The summed E-state index contributed by atoms with van der Waals surface area (Å²) < 4.78 is 10.8. The predicted octanol–water partition coefficient (Wildman–Crippen LogP) is 2.57. The van der Waals surface area contributed by atoms with Gasteiger partial charge in [-0.1, -0.05) is 32.9 Å². The first kappa shape index (κ1) is 15.8. The monoisotopic (exact) mass is 291 g/mol. The van der Waals surface area contributed by atoms with Gasteiger partial charge in [-0.15, -0.1) is 0 Å². The highest BCUT2D eigenvalue weighted by molar-refractivity contribution is 5.76. The molecule has 0 spiro atoms. The molecular weight excluding hydrogens is 266 g/mol. The zero-order valence-corrected chi connectivity index (χ0v) is 13.5. The Morgan fingerprint density at radius 2 is 2.05 bits per heavy atom. The van der Waals surface area contributed by atoms with Crippen LogP contribution in [-0.4, -0.2) is 31.8 Å². The summed E-state index contributed by atoms with van der Waals surface area (Å²) in [7, 11) is 1.41. The molecular formula is C17H25NO3. The maximum absolute atomic E-state index is 11.5. The third kappa shape index (κ3) is 3.76. The van der Waals surface area contributed by atoms with Crippen molar-refractivity contribution < 1.29 is 14.3 Å². The van der Waals surface area contributed by atoms with Crippen molar-refractivity contribution in [2.45, 2.75) is 51.7 Å². The van der Waals surface area contributed by atoms with Crippen LogP contribution in [0.25, 0.3) is 0 Å². The second-order valence-electron chi connectivity index (χ2n) is 6.69. The van der Waals surface area contributed by atoms with Gasteiger partial charge >= 0.3 is 5.97 Å². The van der Waals surface area contributed by atoms with Crippen molar-refractivity contribution in [1.29, 1.82) is 0 Å². The van der Waals surface area contributed by atoms with Crippen molar-refractivity contribution >= 4 is 5.97 Å². The van der Waals surface area contributed by atoms with Gasteiger partial charge in [0.2, 0.25) is 0 Å². The normalized spacial score (nSPS) is 22.1. The summed E-state index contributed by atoms with van der Waals surface area (Å²) in [5.74, 6) is 0.668. The Kier molecular flexibility index (Phi) is 4.57. The highest BCUT2D eigenvalue weighted by Crippen LogP contribution is 2.28. The Hall–Kier alpha value is -1.55. The SMILES string of the molecule is COC(=O)C1CC(Oc2ccc(C(C)(C)C)cc2C)CN1. The van der Waals surface area contributed by atoms with E-state index in [9.17, 15) is 4.79 Å². The van der Waals surface area contributed by atoms with Crippen LogP contribution in [0.1, 0.15) is 38.3 Å². The summed E-state index contributed by atoms with van der Waals surface area (Å²) in [5, 5.41) is 3.13. The van der Waals surface area contributed by atoms with Gasteiger partial charge in [-0.2, -0.15) is 0 Å². The number of esters is 1. The lowest BCUT2D eigenvalue weighted by atomic mass is 9.86. The summed E-state index contributed by atoms with van der Waals surface area (Å²) >= 11 is 0. The van der Waals surface area contributed by atoms with Crippen LogP contribution in [-0.2, 0) is 14.9 Å². The Morgan fingerprint density at radius 1 is 1.33 bits per heavy atom. The van der Waals surface area contributed by atoms with E-state index in [-0.39, 0.29) is 23.5 Å². The fourth-order valence-electron chi connectivity index (χ4n) is 2.54. The molecule has 1 fully saturated rings. The maximum Gasteiger partial charge on any atom is 0.323 e. The van der Waals surface area contributed by atoms with E-state index in [0.717, 1.165) is 11.3 Å². The van der Waals surface area contributed by atoms with E-state index in [1.54, 1.807) is 0 Å². The molecule has 116 valence electrons. The van der Waals surface area contributed by atoms with Gasteiger partial charge in [-0.05, 0) is 29.5 Å². The van der Waals surface area contributed by atoms with Crippen LogP contribution >= 0.6 is 0 Å². The lowest BCUT2D eigenvalue weighted by Gasteiger charge is -2.21. The number of hydrogen-bond donors (Lipinski definition) is 1. The Balaban J connectivity index is 2.03. The molecule has 0 aromatic heterocycles. The summed E-state index contributed by atoms with van der Waals surface area (Å²) in [6.45, 7) is 9.32. The second-order valence-corrected chi connectivity index (χ2v) is 6.69. The molecule has 0 radical (unpaired) electrons. The topological polar surface area (TPSA) is 47.6 Å². The van der Waals surface area contributed by atoms with Crippen molar-refractivity contribution in [3.8, 4) is 5.75 Å². The molecule has 1 aliphatic rings. The molecule has 1 aromatic rings. The molecule has 0 bridgehead atoms. The molecule has 4 nitrogen and oxygen atoms in total. The van der Waals surface area contributed by atoms with Gasteiger partial charge in [0, 0.05) is 13.0 Å². The quantitative estimate of drug-likeness (QED) is 0.870. The summed E-state index contributed by atoms with van der Waals surface area (Å²) in [5.41, 5.74) is 2.56. The molecule has 2 atom stereocenters. The van der Waals surface area contributed by atoms with Crippen molar-refractivity contribution in [3.63, 3.8) is 0 Å². The minimum absolute atomic E-state index is 0.00767. The molecule has 21 heavy (non-hydrogen) atoms. The first-order valence-electron chi connectivity index (χ1n) is 7.40. The van der Waals surface area contributed by atoms with E-state index in [1.165, 1.54) is 12.7 Å². The van der Waals surface area contributed by atoms with Crippen molar-refractivity contribution in [3.05, 3.63) is 29.3 Å². The van der Waals surface area contributed by atoms with Crippen molar-refractivity contribution in [2.24, 2.45) is 0 Å². The largest absolute Gasteiger partial charge is 0.489 e. The minimum Gasteiger partial charge on any atom is -0.489 e. The Morgan fingerprint density at radius 3 is 2.62 bits per heavy atom. The molecule has 4 heteroatoms. The molecule has 1 saturated heterocycles. The zero-order chi connectivity index (χ0) is 15.6. The Bertz CT molecular complexity index is 519. The smallest absolute Gasteiger partial charge is 0.323 e. The summed E-state index contributed by atoms with van der Waals surface area (Å²) in [4.78, 5) is 11.5. The average Bonchev–Trinajstić information content (AvgIpc) is 2.87. The van der Waals surface area contributed by atoms with Gasteiger partial charge < -0.3 is 14.8 Å². The van der Waals surface area contributed by atoms with Crippen LogP contribution in [0.4, 0.5) is 0 Å². The van der Waals surface area contributed by atoms with Gasteiger partial charge in [0.15, 0.2) is 0 Å². The highest BCUT2D eigenvalue weighted by atomic mass is 16.5. The van der Waals surface area contributed by atoms with Gasteiger partial charge in [0.25, 0.3) is 0 Å². The Labute approximate surface area is 126 Å². The standard InChI is InChI=1S/C17H25NO3/c1-11-8-12(17(2,3)4)6-7-15(11)21-13-9-14(18-10-13)16(19)20-5/h6-8,13-14,18H,9-10H2,1-5H3. The third-order valence-electron chi connectivity index (χ3n) is 3.91. The van der Waals surface area contributed by atoms with Gasteiger partial charge in [0.05, 0.1) is 7.11 Å². The molecule has 2 rings (SSSR count). The molecule has 1 N–H and O–H groups in total. The number of benzene rings is 1. The van der Waals surface area contributed by atoms with Crippen LogP contribution in [0.5, 0.6) is 5.75 Å². The third-order valence-corrected chi connectivity index (χ3v) is 3.91. The van der Waals surface area contributed by atoms with Crippen molar-refractivity contribution in [1.82, 2.24) is 5.32 Å². The first-order chi connectivity index (χ1) is 9.81. The molecule has 1 aliphatic heterocycles. The van der Waals surface area contributed by atoms with Gasteiger partial charge in [0.1, 0.15) is 17.9 Å². The lowest BCUT2D eigenvalue weighted by Crippen LogP contribution is -2.31. The van der Waals surface area contributed by atoms with E-state index in [1.807, 2.05) is 6.07 Å². The van der Waals surface area contributed by atoms with E-state index in [0.29, 0.717) is 13.0 Å². The van der Waals surface area contributed by atoms with Gasteiger partial charge in [-0.3, -0.25) is 4.79 Å². The average molecular weight is 291 g/mol. The number of hydrogen-bond acceptors (Lipinski definition) is 4. The first-order valence-corrected chi connectivity index (χ1v) is 7.40.